The Kier molecular flexibility index (Phi) is 47.8. The highest BCUT2D eigenvalue weighted by atomic mass is 16.3. The standard InChI is InChI=1S/C53H107NO5/c1-3-5-7-9-11-13-15-17-19-21-23-24-25-26-27-28-29-31-32-34-36-38-40-42-44-46-50(56)52(58)49(48-55)54-53(59)51(57)47-45-43-41-39-37-35-33-30-22-20-18-16-14-12-10-8-6-4-2/h49-52,55-58H,3-48H2,1-2H3,(H,54,59). The Morgan fingerprint density at radius 2 is 0.576 bits per heavy atom. The van der Waals surface area contributed by atoms with E-state index in [-0.39, 0.29) is 0 Å². The molecule has 0 heterocycles. The number of unbranched alkanes of at least 4 members (excludes halogenated alkanes) is 41. The smallest absolute Gasteiger partial charge is 0.249 e. The summed E-state index contributed by atoms with van der Waals surface area (Å²) in [5.74, 6) is -0.577. The Hall–Kier alpha value is -0.690. The molecule has 6 heteroatoms. The molecule has 0 aliphatic heterocycles. The van der Waals surface area contributed by atoms with Crippen LogP contribution in [0.1, 0.15) is 303 Å². The summed E-state index contributed by atoms with van der Waals surface area (Å²) in [6.07, 6.45) is 54.4. The van der Waals surface area contributed by atoms with E-state index in [1.165, 1.54) is 238 Å². The van der Waals surface area contributed by atoms with Crippen molar-refractivity contribution in [1.82, 2.24) is 5.32 Å². The number of aliphatic hydroxyl groups is 4. The molecule has 0 aromatic carbocycles. The maximum Gasteiger partial charge on any atom is 0.249 e. The van der Waals surface area contributed by atoms with Crippen LogP contribution < -0.4 is 5.32 Å². The summed E-state index contributed by atoms with van der Waals surface area (Å²) < 4.78 is 0. The lowest BCUT2D eigenvalue weighted by Crippen LogP contribution is -2.53. The number of nitrogens with one attached hydrogen (secondary N) is 1. The number of carbonyl (C=O) groups excluding carboxylic acids is 1. The van der Waals surface area contributed by atoms with E-state index in [0.717, 1.165) is 38.5 Å². The molecule has 0 aromatic rings. The van der Waals surface area contributed by atoms with Crippen LogP contribution >= 0.6 is 0 Å². The summed E-state index contributed by atoms with van der Waals surface area (Å²) in [7, 11) is 0. The van der Waals surface area contributed by atoms with Crippen molar-refractivity contribution in [2.24, 2.45) is 0 Å². The second-order valence-electron chi connectivity index (χ2n) is 18.9. The van der Waals surface area contributed by atoms with Gasteiger partial charge < -0.3 is 25.7 Å². The third kappa shape index (κ3) is 42.4. The van der Waals surface area contributed by atoms with Crippen molar-refractivity contribution in [3.05, 3.63) is 0 Å². The fourth-order valence-corrected chi connectivity index (χ4v) is 8.82. The van der Waals surface area contributed by atoms with Gasteiger partial charge in [0, 0.05) is 0 Å². The lowest BCUT2D eigenvalue weighted by Gasteiger charge is -2.27. The van der Waals surface area contributed by atoms with Crippen LogP contribution in [0.5, 0.6) is 0 Å². The van der Waals surface area contributed by atoms with Gasteiger partial charge in [-0.1, -0.05) is 290 Å². The zero-order valence-corrected chi connectivity index (χ0v) is 40.0. The molecule has 6 nitrogen and oxygen atoms in total. The van der Waals surface area contributed by atoms with Gasteiger partial charge in [-0.3, -0.25) is 4.79 Å². The highest BCUT2D eigenvalue weighted by Gasteiger charge is 2.28. The quantitative estimate of drug-likeness (QED) is 0.0392. The molecule has 0 saturated carbocycles. The van der Waals surface area contributed by atoms with Crippen LogP contribution in [0.25, 0.3) is 0 Å². The molecule has 0 aromatic heterocycles. The Morgan fingerprint density at radius 1 is 0.356 bits per heavy atom. The van der Waals surface area contributed by atoms with E-state index in [0.29, 0.717) is 12.8 Å². The lowest BCUT2D eigenvalue weighted by molar-refractivity contribution is -0.132. The second-order valence-corrected chi connectivity index (χ2v) is 18.9. The van der Waals surface area contributed by atoms with Gasteiger partial charge in [-0.25, -0.2) is 0 Å². The Balaban J connectivity index is 3.60. The summed E-state index contributed by atoms with van der Waals surface area (Å²) in [5.41, 5.74) is 0. The molecule has 4 atom stereocenters. The molecule has 1 amide bonds. The first-order valence-corrected chi connectivity index (χ1v) is 26.9. The fraction of sp³-hybridized carbons (Fsp3) is 0.981. The summed E-state index contributed by atoms with van der Waals surface area (Å²) in [6.45, 7) is 4.09. The summed E-state index contributed by atoms with van der Waals surface area (Å²) in [4.78, 5) is 12.6. The molecule has 0 aliphatic carbocycles. The molecule has 0 aliphatic rings. The molecule has 0 rings (SSSR count). The molecule has 0 radical (unpaired) electrons. The molecular formula is C53H107NO5. The Labute approximate surface area is 369 Å². The third-order valence-corrected chi connectivity index (χ3v) is 13.1. The van der Waals surface area contributed by atoms with Crippen LogP contribution in [0.2, 0.25) is 0 Å². The van der Waals surface area contributed by atoms with Gasteiger partial charge in [0.15, 0.2) is 0 Å². The van der Waals surface area contributed by atoms with E-state index in [4.69, 9.17) is 0 Å². The van der Waals surface area contributed by atoms with E-state index in [2.05, 4.69) is 19.2 Å². The van der Waals surface area contributed by atoms with Gasteiger partial charge in [-0.15, -0.1) is 0 Å². The average molecular weight is 838 g/mol. The van der Waals surface area contributed by atoms with E-state index in [9.17, 15) is 25.2 Å². The topological polar surface area (TPSA) is 110 Å². The van der Waals surface area contributed by atoms with Crippen molar-refractivity contribution in [3.8, 4) is 0 Å². The Bertz CT molecular complexity index is 811. The highest BCUT2D eigenvalue weighted by molar-refractivity contribution is 5.80. The zero-order chi connectivity index (χ0) is 43.1. The number of carbonyl (C=O) groups is 1. The SMILES string of the molecule is CCCCCCCCCCCCCCCCCCCCCCCCCCCC(O)C(O)C(CO)NC(=O)C(O)CCCCCCCCCCCCCCCCCCCC. The van der Waals surface area contributed by atoms with Crippen LogP contribution in [0.3, 0.4) is 0 Å². The molecule has 0 saturated heterocycles. The number of rotatable bonds is 50. The van der Waals surface area contributed by atoms with Crippen LogP contribution in [0, 0.1) is 0 Å². The lowest BCUT2D eigenvalue weighted by atomic mass is 9.99. The van der Waals surface area contributed by atoms with E-state index in [1.54, 1.807) is 0 Å². The largest absolute Gasteiger partial charge is 0.394 e. The first kappa shape index (κ1) is 58.3. The number of hydrogen-bond acceptors (Lipinski definition) is 5. The molecule has 4 unspecified atom stereocenters. The van der Waals surface area contributed by atoms with Gasteiger partial charge in [-0.05, 0) is 12.8 Å². The van der Waals surface area contributed by atoms with Gasteiger partial charge in [-0.2, -0.15) is 0 Å². The van der Waals surface area contributed by atoms with Crippen molar-refractivity contribution >= 4 is 5.91 Å². The van der Waals surface area contributed by atoms with Crippen molar-refractivity contribution < 1.29 is 25.2 Å². The highest BCUT2D eigenvalue weighted by Crippen LogP contribution is 2.18. The minimum atomic E-state index is -1.25. The molecule has 5 N–H and O–H groups in total. The van der Waals surface area contributed by atoms with Gasteiger partial charge in [0.2, 0.25) is 5.91 Å². The molecule has 0 spiro atoms. The normalized spacial score (nSPS) is 13.8. The molecule has 0 bridgehead atoms. The average Bonchev–Trinajstić information content (AvgIpc) is 3.24. The van der Waals surface area contributed by atoms with Crippen LogP contribution in [0.4, 0.5) is 0 Å². The van der Waals surface area contributed by atoms with Crippen molar-refractivity contribution in [1.29, 1.82) is 0 Å². The monoisotopic (exact) mass is 838 g/mol. The van der Waals surface area contributed by atoms with Gasteiger partial charge in [0.1, 0.15) is 12.2 Å². The van der Waals surface area contributed by atoms with Crippen LogP contribution in [-0.4, -0.2) is 57.3 Å². The van der Waals surface area contributed by atoms with Crippen LogP contribution in [0.15, 0.2) is 0 Å². The Morgan fingerprint density at radius 3 is 0.814 bits per heavy atom. The van der Waals surface area contributed by atoms with Crippen molar-refractivity contribution in [2.75, 3.05) is 6.61 Å². The van der Waals surface area contributed by atoms with E-state index in [1.807, 2.05) is 0 Å². The molecule has 0 fully saturated rings. The molecule has 59 heavy (non-hydrogen) atoms. The van der Waals surface area contributed by atoms with Crippen LogP contribution in [-0.2, 0) is 4.79 Å². The van der Waals surface area contributed by atoms with Gasteiger partial charge in [0.05, 0.1) is 18.8 Å². The van der Waals surface area contributed by atoms with Gasteiger partial charge >= 0.3 is 0 Å². The summed E-state index contributed by atoms with van der Waals surface area (Å²) in [5, 5.41) is 44.0. The minimum absolute atomic E-state index is 0.376. The van der Waals surface area contributed by atoms with Crippen molar-refractivity contribution in [2.45, 2.75) is 327 Å². The molecular weight excluding hydrogens is 731 g/mol. The second kappa shape index (κ2) is 48.3. The first-order chi connectivity index (χ1) is 29.0. The molecule has 354 valence electrons. The maximum absolute atomic E-state index is 12.6. The van der Waals surface area contributed by atoms with Crippen molar-refractivity contribution in [3.63, 3.8) is 0 Å². The third-order valence-electron chi connectivity index (χ3n) is 13.1. The summed E-state index contributed by atoms with van der Waals surface area (Å²) in [6, 6.07) is -0.980. The van der Waals surface area contributed by atoms with E-state index < -0.39 is 36.9 Å². The van der Waals surface area contributed by atoms with E-state index >= 15 is 0 Å². The van der Waals surface area contributed by atoms with Gasteiger partial charge in [0.25, 0.3) is 0 Å². The fourth-order valence-electron chi connectivity index (χ4n) is 8.82. The maximum atomic E-state index is 12.6. The summed E-state index contributed by atoms with van der Waals surface area (Å²) >= 11 is 0. The predicted molar refractivity (Wildman–Crippen MR) is 256 cm³/mol. The minimum Gasteiger partial charge on any atom is -0.394 e. The number of hydrogen-bond donors (Lipinski definition) is 5. The predicted octanol–water partition coefficient (Wildman–Crippen LogP) is 15.1. The number of amides is 1. The first-order valence-electron chi connectivity index (χ1n) is 26.9. The number of aliphatic hydroxyl groups excluding tert-OH is 4. The zero-order valence-electron chi connectivity index (χ0n) is 40.0.